The second-order valence-corrected chi connectivity index (χ2v) is 9.08. The van der Waals surface area contributed by atoms with Crippen LogP contribution in [0, 0.1) is 0 Å². The minimum Gasteiger partial charge on any atom is -0.491 e. The van der Waals surface area contributed by atoms with Crippen molar-refractivity contribution in [2.45, 2.75) is 39.9 Å². The number of ether oxygens (including phenoxy) is 2. The first-order chi connectivity index (χ1) is 13.5. The van der Waals surface area contributed by atoms with Crippen LogP contribution in [0.15, 0.2) is 48.5 Å². The Kier molecular flexibility index (Phi) is 7.50. The number of nitrogens with one attached hydrogen (secondary N) is 1. The summed E-state index contributed by atoms with van der Waals surface area (Å²) in [4.78, 5) is 12.5. The molecule has 2 rings (SSSR count). The van der Waals surface area contributed by atoms with Gasteiger partial charge in [0.25, 0.3) is 0 Å². The Morgan fingerprint density at radius 2 is 1.55 bits per heavy atom. The third-order valence-electron chi connectivity index (χ3n) is 3.67. The molecule has 0 atom stereocenters. The van der Waals surface area contributed by atoms with Gasteiger partial charge in [-0.15, -0.1) is 0 Å². The van der Waals surface area contributed by atoms with E-state index in [1.807, 2.05) is 27.7 Å². The third kappa shape index (κ3) is 7.30. The second kappa shape index (κ2) is 9.65. The number of anilines is 2. The maximum absolute atomic E-state index is 12.5. The van der Waals surface area contributed by atoms with Crippen LogP contribution in [0.1, 0.15) is 27.7 Å². The number of amides is 1. The van der Waals surface area contributed by atoms with Gasteiger partial charge in [0.1, 0.15) is 18.0 Å². The number of rotatable bonds is 9. The van der Waals surface area contributed by atoms with E-state index >= 15 is 0 Å². The second-order valence-electron chi connectivity index (χ2n) is 7.17. The molecule has 0 aliphatic carbocycles. The van der Waals surface area contributed by atoms with Crippen molar-refractivity contribution in [1.82, 2.24) is 0 Å². The van der Waals surface area contributed by atoms with Crippen LogP contribution in [-0.4, -0.2) is 39.3 Å². The lowest BCUT2D eigenvalue weighted by atomic mass is 10.3. The van der Waals surface area contributed by atoms with E-state index in [9.17, 15) is 13.2 Å². The van der Waals surface area contributed by atoms with Gasteiger partial charge in [-0.05, 0) is 64.1 Å². The zero-order chi connectivity index (χ0) is 21.6. The smallest absolute Gasteiger partial charge is 0.245 e. The molecule has 2 aromatic carbocycles. The summed E-state index contributed by atoms with van der Waals surface area (Å²) in [6, 6.07) is 13.6. The van der Waals surface area contributed by atoms with Gasteiger partial charge < -0.3 is 14.8 Å². The summed E-state index contributed by atoms with van der Waals surface area (Å²) in [5.74, 6) is 0.771. The van der Waals surface area contributed by atoms with Crippen LogP contribution in [0.4, 0.5) is 11.4 Å². The zero-order valence-electron chi connectivity index (χ0n) is 17.4. The highest BCUT2D eigenvalue weighted by molar-refractivity contribution is 7.92. The van der Waals surface area contributed by atoms with Crippen molar-refractivity contribution >= 4 is 27.3 Å². The Hall–Kier alpha value is -2.74. The molecule has 29 heavy (non-hydrogen) atoms. The van der Waals surface area contributed by atoms with Gasteiger partial charge in [0.15, 0.2) is 0 Å². The summed E-state index contributed by atoms with van der Waals surface area (Å²) in [7, 11) is -3.67. The van der Waals surface area contributed by atoms with Gasteiger partial charge in [0, 0.05) is 11.8 Å². The molecule has 1 N–H and O–H groups in total. The molecular formula is C21H28N2O5S. The Bertz CT molecular complexity index is 924. The molecule has 0 heterocycles. The topological polar surface area (TPSA) is 84.9 Å². The van der Waals surface area contributed by atoms with E-state index in [2.05, 4.69) is 5.32 Å². The first-order valence-electron chi connectivity index (χ1n) is 9.35. The lowest BCUT2D eigenvalue weighted by molar-refractivity contribution is -0.114. The highest BCUT2D eigenvalue weighted by Gasteiger charge is 2.21. The summed E-state index contributed by atoms with van der Waals surface area (Å²) >= 11 is 0. The molecule has 0 radical (unpaired) electrons. The number of hydrogen-bond acceptors (Lipinski definition) is 5. The molecule has 0 aliphatic rings. The van der Waals surface area contributed by atoms with Gasteiger partial charge in [0.2, 0.25) is 15.9 Å². The van der Waals surface area contributed by atoms with Crippen LogP contribution < -0.4 is 19.1 Å². The van der Waals surface area contributed by atoms with E-state index in [-0.39, 0.29) is 18.8 Å². The molecule has 0 fully saturated rings. The number of carbonyl (C=O) groups is 1. The van der Waals surface area contributed by atoms with Gasteiger partial charge >= 0.3 is 0 Å². The fourth-order valence-electron chi connectivity index (χ4n) is 2.60. The first-order valence-corrected chi connectivity index (χ1v) is 11.2. The maximum atomic E-state index is 12.5. The van der Waals surface area contributed by atoms with Gasteiger partial charge in [-0.1, -0.05) is 6.07 Å². The third-order valence-corrected chi connectivity index (χ3v) is 4.82. The Morgan fingerprint density at radius 1 is 0.966 bits per heavy atom. The predicted octanol–water partition coefficient (Wildman–Crippen LogP) is 3.67. The van der Waals surface area contributed by atoms with Crippen molar-refractivity contribution in [2.24, 2.45) is 0 Å². The van der Waals surface area contributed by atoms with Crippen molar-refractivity contribution in [3.05, 3.63) is 48.5 Å². The molecule has 2 aromatic rings. The summed E-state index contributed by atoms with van der Waals surface area (Å²) in [6.45, 7) is 7.26. The Labute approximate surface area is 172 Å². The summed E-state index contributed by atoms with van der Waals surface area (Å²) < 4.78 is 36.8. The highest BCUT2D eigenvalue weighted by atomic mass is 32.2. The first kappa shape index (κ1) is 22.5. The average Bonchev–Trinajstić information content (AvgIpc) is 2.59. The molecule has 0 aliphatic heterocycles. The number of benzene rings is 2. The molecular weight excluding hydrogens is 392 g/mol. The highest BCUT2D eigenvalue weighted by Crippen LogP contribution is 2.24. The van der Waals surface area contributed by atoms with Crippen LogP contribution in [0.3, 0.4) is 0 Å². The maximum Gasteiger partial charge on any atom is 0.245 e. The van der Waals surface area contributed by atoms with Crippen LogP contribution in [0.5, 0.6) is 11.5 Å². The number of nitrogens with zero attached hydrogens (tertiary/aromatic N) is 1. The van der Waals surface area contributed by atoms with Crippen molar-refractivity contribution in [3.8, 4) is 11.5 Å². The van der Waals surface area contributed by atoms with Gasteiger partial charge in [0.05, 0.1) is 24.2 Å². The molecule has 0 bridgehead atoms. The van der Waals surface area contributed by atoms with E-state index < -0.39 is 15.9 Å². The molecule has 8 heteroatoms. The molecule has 0 saturated heterocycles. The largest absolute Gasteiger partial charge is 0.491 e. The summed E-state index contributed by atoms with van der Waals surface area (Å²) in [5, 5.41) is 2.71. The van der Waals surface area contributed by atoms with Gasteiger partial charge in [-0.2, -0.15) is 0 Å². The molecule has 0 aromatic heterocycles. The normalized spacial score (nSPS) is 11.4. The standard InChI is InChI=1S/C21H28N2O5S/c1-15(2)27-19-11-9-17(10-12-19)22-21(24)14-23(29(5,25)26)18-7-6-8-20(13-18)28-16(3)4/h6-13,15-16H,14H2,1-5H3,(H,22,24). The summed E-state index contributed by atoms with van der Waals surface area (Å²) in [6.07, 6.45) is 1.06. The van der Waals surface area contributed by atoms with E-state index in [0.717, 1.165) is 10.6 Å². The van der Waals surface area contributed by atoms with Crippen LogP contribution in [-0.2, 0) is 14.8 Å². The predicted molar refractivity (Wildman–Crippen MR) is 115 cm³/mol. The van der Waals surface area contributed by atoms with Crippen molar-refractivity contribution < 1.29 is 22.7 Å². The van der Waals surface area contributed by atoms with Crippen molar-refractivity contribution in [2.75, 3.05) is 22.4 Å². The fourth-order valence-corrected chi connectivity index (χ4v) is 3.45. The monoisotopic (exact) mass is 420 g/mol. The average molecular weight is 421 g/mol. The lowest BCUT2D eigenvalue weighted by Crippen LogP contribution is -2.37. The van der Waals surface area contributed by atoms with Gasteiger partial charge in [-0.25, -0.2) is 8.42 Å². The molecule has 0 spiro atoms. The van der Waals surface area contributed by atoms with Crippen LogP contribution in [0.2, 0.25) is 0 Å². The van der Waals surface area contributed by atoms with Crippen molar-refractivity contribution in [1.29, 1.82) is 0 Å². The van der Waals surface area contributed by atoms with Crippen LogP contribution >= 0.6 is 0 Å². The Balaban J connectivity index is 2.13. The molecule has 7 nitrogen and oxygen atoms in total. The molecule has 158 valence electrons. The van der Waals surface area contributed by atoms with Crippen molar-refractivity contribution in [3.63, 3.8) is 0 Å². The van der Waals surface area contributed by atoms with E-state index in [1.54, 1.807) is 48.5 Å². The lowest BCUT2D eigenvalue weighted by Gasteiger charge is -2.23. The van der Waals surface area contributed by atoms with Gasteiger partial charge in [-0.3, -0.25) is 9.10 Å². The summed E-state index contributed by atoms with van der Waals surface area (Å²) in [5.41, 5.74) is 0.915. The van der Waals surface area contributed by atoms with E-state index in [1.165, 1.54) is 0 Å². The zero-order valence-corrected chi connectivity index (χ0v) is 18.2. The molecule has 1 amide bonds. The van der Waals surface area contributed by atoms with E-state index in [0.29, 0.717) is 22.9 Å². The minimum absolute atomic E-state index is 0.0502. The number of sulfonamides is 1. The minimum atomic E-state index is -3.67. The molecule has 0 saturated carbocycles. The Morgan fingerprint density at radius 3 is 2.10 bits per heavy atom. The number of carbonyl (C=O) groups excluding carboxylic acids is 1. The van der Waals surface area contributed by atoms with E-state index in [4.69, 9.17) is 9.47 Å². The van der Waals surface area contributed by atoms with Crippen LogP contribution in [0.25, 0.3) is 0 Å². The fraction of sp³-hybridized carbons (Fsp3) is 0.381. The number of hydrogen-bond donors (Lipinski definition) is 1. The quantitative estimate of drug-likeness (QED) is 0.669. The molecule has 0 unspecified atom stereocenters. The SMILES string of the molecule is CC(C)Oc1ccc(NC(=O)CN(c2cccc(OC(C)C)c2)S(C)(=O)=O)cc1.